The van der Waals surface area contributed by atoms with Crippen LogP contribution in [0.1, 0.15) is 40.5 Å². The Kier molecular flexibility index (Phi) is 6.61. The van der Waals surface area contributed by atoms with Gasteiger partial charge in [-0.3, -0.25) is 9.59 Å². The van der Waals surface area contributed by atoms with Gasteiger partial charge in [0.1, 0.15) is 5.60 Å². The van der Waals surface area contributed by atoms with Crippen molar-refractivity contribution in [2.45, 2.75) is 58.2 Å². The summed E-state index contributed by atoms with van der Waals surface area (Å²) >= 11 is 0. The van der Waals surface area contributed by atoms with Crippen molar-refractivity contribution < 1.29 is 19.1 Å². The molecule has 2 atom stereocenters. The first kappa shape index (κ1) is 17.9. The van der Waals surface area contributed by atoms with Gasteiger partial charge in [0.2, 0.25) is 5.91 Å². The average molecular weight is 300 g/mol. The molecule has 0 unspecified atom stereocenters. The minimum atomic E-state index is -0.479. The number of hydrogen-bond donors (Lipinski definition) is 1. The third-order valence-corrected chi connectivity index (χ3v) is 3.36. The number of methoxy groups -OCH3 is 1. The van der Waals surface area contributed by atoms with E-state index >= 15 is 0 Å². The van der Waals surface area contributed by atoms with Crippen molar-refractivity contribution in [1.29, 1.82) is 0 Å². The summed E-state index contributed by atoms with van der Waals surface area (Å²) in [5.74, 6) is -0.174. The van der Waals surface area contributed by atoms with Gasteiger partial charge in [-0.15, -0.1) is 0 Å². The molecule has 1 rings (SSSR count). The number of hydrogen-bond acceptors (Lipinski definition) is 5. The maximum absolute atomic E-state index is 12.2. The van der Waals surface area contributed by atoms with E-state index < -0.39 is 5.60 Å². The van der Waals surface area contributed by atoms with Crippen LogP contribution in [-0.2, 0) is 19.1 Å². The summed E-state index contributed by atoms with van der Waals surface area (Å²) in [4.78, 5) is 25.8. The molecule has 0 spiro atoms. The van der Waals surface area contributed by atoms with Gasteiger partial charge >= 0.3 is 5.97 Å². The van der Waals surface area contributed by atoms with Crippen LogP contribution in [0.3, 0.4) is 0 Å². The fraction of sp³-hybridized carbons (Fsp3) is 0.867. The molecule has 1 aliphatic heterocycles. The fourth-order valence-corrected chi connectivity index (χ4v) is 2.41. The molecule has 1 fully saturated rings. The van der Waals surface area contributed by atoms with Crippen LogP contribution in [0.25, 0.3) is 0 Å². The smallest absolute Gasteiger partial charge is 0.306 e. The molecule has 1 amide bonds. The Morgan fingerprint density at radius 2 is 2.14 bits per heavy atom. The van der Waals surface area contributed by atoms with Crippen LogP contribution in [0.5, 0.6) is 0 Å². The molecule has 0 radical (unpaired) electrons. The van der Waals surface area contributed by atoms with E-state index in [1.165, 1.54) is 0 Å². The number of nitrogens with one attached hydrogen (secondary N) is 1. The first-order chi connectivity index (χ1) is 9.74. The molecule has 122 valence electrons. The maximum Gasteiger partial charge on any atom is 0.306 e. The Bertz CT molecular complexity index is 365. The minimum Gasteiger partial charge on any atom is -0.460 e. The lowest BCUT2D eigenvalue weighted by Crippen LogP contribution is -2.58. The summed E-state index contributed by atoms with van der Waals surface area (Å²) in [6, 6.07) is -0.265. The number of piperazine rings is 1. The highest BCUT2D eigenvalue weighted by Crippen LogP contribution is 2.15. The van der Waals surface area contributed by atoms with E-state index in [0.717, 1.165) is 6.54 Å². The molecule has 0 aliphatic carbocycles. The SMILES string of the molecule is COC[C@H](CCC(=O)OC(C)(C)C)N1CCN[C@@H](C)C1=O. The van der Waals surface area contributed by atoms with Gasteiger partial charge in [0.15, 0.2) is 0 Å². The van der Waals surface area contributed by atoms with Crippen LogP contribution in [0.15, 0.2) is 0 Å². The first-order valence-corrected chi connectivity index (χ1v) is 7.49. The average Bonchev–Trinajstić information content (AvgIpc) is 2.36. The lowest BCUT2D eigenvalue weighted by atomic mass is 10.1. The van der Waals surface area contributed by atoms with Crippen LogP contribution in [0.4, 0.5) is 0 Å². The van der Waals surface area contributed by atoms with Crippen molar-refractivity contribution in [1.82, 2.24) is 10.2 Å². The van der Waals surface area contributed by atoms with E-state index in [0.29, 0.717) is 19.6 Å². The van der Waals surface area contributed by atoms with E-state index in [1.807, 2.05) is 32.6 Å². The maximum atomic E-state index is 12.2. The largest absolute Gasteiger partial charge is 0.460 e. The summed E-state index contributed by atoms with van der Waals surface area (Å²) in [5.41, 5.74) is -0.479. The van der Waals surface area contributed by atoms with Crippen LogP contribution in [-0.4, -0.2) is 61.3 Å². The van der Waals surface area contributed by atoms with Crippen molar-refractivity contribution in [3.8, 4) is 0 Å². The summed E-state index contributed by atoms with van der Waals surface area (Å²) in [6.45, 7) is 9.23. The molecular formula is C15H28N2O4. The zero-order valence-corrected chi connectivity index (χ0v) is 13.8. The van der Waals surface area contributed by atoms with Gasteiger partial charge in [-0.1, -0.05) is 0 Å². The molecule has 1 saturated heterocycles. The lowest BCUT2D eigenvalue weighted by molar-refractivity contribution is -0.156. The van der Waals surface area contributed by atoms with Gasteiger partial charge in [0.25, 0.3) is 0 Å². The van der Waals surface area contributed by atoms with Crippen molar-refractivity contribution in [3.63, 3.8) is 0 Å². The second-order valence-electron chi connectivity index (χ2n) is 6.44. The molecule has 1 heterocycles. The number of rotatable bonds is 6. The standard InChI is InChI=1S/C15H28N2O4/c1-11-14(19)17(9-8-16-11)12(10-20-5)6-7-13(18)21-15(2,3)4/h11-12,16H,6-10H2,1-5H3/t11-,12-/m0/s1. The van der Waals surface area contributed by atoms with Crippen molar-refractivity contribution in [2.24, 2.45) is 0 Å². The number of amides is 1. The van der Waals surface area contributed by atoms with Crippen molar-refractivity contribution >= 4 is 11.9 Å². The molecule has 0 saturated carbocycles. The summed E-state index contributed by atoms with van der Waals surface area (Å²) in [6.07, 6.45) is 0.845. The number of ether oxygens (including phenoxy) is 2. The summed E-state index contributed by atoms with van der Waals surface area (Å²) < 4.78 is 10.5. The molecule has 0 bridgehead atoms. The quantitative estimate of drug-likeness (QED) is 0.740. The van der Waals surface area contributed by atoms with E-state index in [-0.39, 0.29) is 30.4 Å². The van der Waals surface area contributed by atoms with Gasteiger partial charge in [-0.2, -0.15) is 0 Å². The Morgan fingerprint density at radius 3 is 2.71 bits per heavy atom. The molecule has 0 aromatic heterocycles. The fourth-order valence-electron chi connectivity index (χ4n) is 2.41. The van der Waals surface area contributed by atoms with E-state index in [9.17, 15) is 9.59 Å². The summed E-state index contributed by atoms with van der Waals surface area (Å²) in [7, 11) is 1.61. The Hall–Kier alpha value is -1.14. The number of carbonyl (C=O) groups excluding carboxylic acids is 2. The molecule has 0 aromatic rings. The van der Waals surface area contributed by atoms with Gasteiger partial charge in [0.05, 0.1) is 18.7 Å². The summed E-state index contributed by atoms with van der Waals surface area (Å²) in [5, 5.41) is 3.13. The Balaban J connectivity index is 2.57. The number of nitrogens with zero attached hydrogens (tertiary/aromatic N) is 1. The second kappa shape index (κ2) is 7.75. The predicted octanol–water partition coefficient (Wildman–Crippen LogP) is 0.944. The van der Waals surface area contributed by atoms with Crippen LogP contribution in [0, 0.1) is 0 Å². The minimum absolute atomic E-state index is 0.0625. The molecule has 1 aliphatic rings. The molecule has 6 heteroatoms. The topological polar surface area (TPSA) is 67.9 Å². The Morgan fingerprint density at radius 1 is 1.48 bits per heavy atom. The van der Waals surface area contributed by atoms with Gasteiger partial charge in [0, 0.05) is 26.6 Å². The molecule has 21 heavy (non-hydrogen) atoms. The highest BCUT2D eigenvalue weighted by molar-refractivity contribution is 5.82. The van der Waals surface area contributed by atoms with Crippen molar-refractivity contribution in [3.05, 3.63) is 0 Å². The van der Waals surface area contributed by atoms with Crippen LogP contribution >= 0.6 is 0 Å². The van der Waals surface area contributed by atoms with Gasteiger partial charge in [-0.05, 0) is 34.1 Å². The van der Waals surface area contributed by atoms with Crippen LogP contribution < -0.4 is 5.32 Å². The molecule has 6 nitrogen and oxygen atoms in total. The lowest BCUT2D eigenvalue weighted by Gasteiger charge is -2.37. The third-order valence-electron chi connectivity index (χ3n) is 3.36. The molecule has 1 N–H and O–H groups in total. The van der Waals surface area contributed by atoms with Crippen molar-refractivity contribution in [2.75, 3.05) is 26.8 Å². The van der Waals surface area contributed by atoms with E-state index in [4.69, 9.17) is 9.47 Å². The number of carbonyl (C=O) groups is 2. The zero-order valence-electron chi connectivity index (χ0n) is 13.8. The third kappa shape index (κ3) is 6.01. The predicted molar refractivity (Wildman–Crippen MR) is 79.9 cm³/mol. The molecular weight excluding hydrogens is 272 g/mol. The monoisotopic (exact) mass is 300 g/mol. The molecule has 0 aromatic carbocycles. The Labute approximate surface area is 127 Å². The second-order valence-corrected chi connectivity index (χ2v) is 6.44. The van der Waals surface area contributed by atoms with Gasteiger partial charge in [-0.25, -0.2) is 0 Å². The van der Waals surface area contributed by atoms with E-state index in [2.05, 4.69) is 5.32 Å². The normalized spacial score (nSPS) is 21.3. The first-order valence-electron chi connectivity index (χ1n) is 7.49. The van der Waals surface area contributed by atoms with E-state index in [1.54, 1.807) is 7.11 Å². The van der Waals surface area contributed by atoms with Gasteiger partial charge < -0.3 is 19.7 Å². The van der Waals surface area contributed by atoms with Crippen LogP contribution in [0.2, 0.25) is 0 Å². The highest BCUT2D eigenvalue weighted by Gasteiger charge is 2.31. The highest BCUT2D eigenvalue weighted by atomic mass is 16.6. The zero-order chi connectivity index (χ0) is 16.0. The number of esters is 1.